The minimum absolute atomic E-state index is 0. The van der Waals surface area contributed by atoms with E-state index in [1.165, 1.54) is 24.2 Å². The summed E-state index contributed by atoms with van der Waals surface area (Å²) in [5, 5.41) is 0. The first-order valence-corrected chi connectivity index (χ1v) is 9.29. The van der Waals surface area contributed by atoms with Crippen LogP contribution in [0.5, 0.6) is 0 Å². The molecule has 26 heavy (non-hydrogen) atoms. The van der Waals surface area contributed by atoms with Crippen molar-refractivity contribution in [3.8, 4) is 0 Å². The smallest absolute Gasteiger partial charge is 0.320 e. The molecule has 139 valence electrons. The van der Waals surface area contributed by atoms with E-state index in [9.17, 15) is 9.46 Å². The molecule has 0 amide bonds. The van der Waals surface area contributed by atoms with Crippen LogP contribution in [0, 0.1) is 6.07 Å². The third-order valence-corrected chi connectivity index (χ3v) is 4.48. The molecule has 3 aromatic rings. The zero-order valence-electron chi connectivity index (χ0n) is 14.2. The van der Waals surface area contributed by atoms with Crippen LogP contribution in [0.25, 0.3) is 0 Å². The molecule has 0 bridgehead atoms. The summed E-state index contributed by atoms with van der Waals surface area (Å²) in [5.74, 6) is 0. The van der Waals surface area contributed by atoms with E-state index >= 15 is 0 Å². The summed E-state index contributed by atoms with van der Waals surface area (Å²) in [4.78, 5) is 20.7. The van der Waals surface area contributed by atoms with Gasteiger partial charge in [0.25, 0.3) is 0 Å². The zero-order valence-corrected chi connectivity index (χ0v) is 17.4. The molecule has 2 heterocycles. The monoisotopic (exact) mass is 549 g/mol. The Morgan fingerprint density at radius 2 is 1.92 bits per heavy atom. The fourth-order valence-electron chi connectivity index (χ4n) is 1.93. The van der Waals surface area contributed by atoms with Crippen molar-refractivity contribution in [2.45, 2.75) is 13.3 Å². The fraction of sp³-hybridized carbons (Fsp3) is 0.167. The molecule has 6 nitrogen and oxygen atoms in total. The first-order chi connectivity index (χ1) is 12.1. The molecule has 8 heteroatoms. The third kappa shape index (κ3) is 7.65. The fourth-order valence-corrected chi connectivity index (χ4v) is 2.87. The minimum Gasteiger partial charge on any atom is -0.320 e. The molecule has 0 saturated carbocycles. The second kappa shape index (κ2) is 11.8. The molecule has 0 fully saturated rings. The van der Waals surface area contributed by atoms with Gasteiger partial charge < -0.3 is 9.42 Å². The quantitative estimate of drug-likeness (QED) is 0.390. The molecule has 2 aromatic heterocycles. The van der Waals surface area contributed by atoms with Gasteiger partial charge in [0, 0.05) is 38.2 Å². The average Bonchev–Trinajstić information content (AvgIpc) is 2.65. The molecule has 1 atom stereocenters. The van der Waals surface area contributed by atoms with Gasteiger partial charge in [0.2, 0.25) is 0 Å². The number of hydrogen-bond donors (Lipinski definition) is 1. The van der Waals surface area contributed by atoms with Gasteiger partial charge in [0.1, 0.15) is 6.33 Å². The SMILES string of the molecule is CCOP(=O)(O)c1ccncn1.[Ir].[c-]1ccccc1Cc1ccccn1. The van der Waals surface area contributed by atoms with E-state index in [4.69, 9.17) is 0 Å². The van der Waals surface area contributed by atoms with Gasteiger partial charge in [-0.2, -0.15) is 35.9 Å². The van der Waals surface area contributed by atoms with Crippen molar-refractivity contribution >= 4 is 13.0 Å². The van der Waals surface area contributed by atoms with Crippen LogP contribution in [0.2, 0.25) is 0 Å². The second-order valence-electron chi connectivity index (χ2n) is 4.89. The van der Waals surface area contributed by atoms with Crippen LogP contribution >= 0.6 is 7.60 Å². The Morgan fingerprint density at radius 1 is 1.12 bits per heavy atom. The van der Waals surface area contributed by atoms with E-state index in [0.29, 0.717) is 0 Å². The van der Waals surface area contributed by atoms with Crippen molar-refractivity contribution in [1.82, 2.24) is 15.0 Å². The number of hydrogen-bond acceptors (Lipinski definition) is 5. The number of aromatic nitrogens is 3. The maximum Gasteiger partial charge on any atom is 0.377 e. The summed E-state index contributed by atoms with van der Waals surface area (Å²) in [5.41, 5.74) is 2.30. The molecule has 1 radical (unpaired) electrons. The van der Waals surface area contributed by atoms with Crippen LogP contribution in [0.4, 0.5) is 0 Å². The molecular weight excluding hydrogens is 529 g/mol. The van der Waals surface area contributed by atoms with Crippen LogP contribution in [-0.2, 0) is 35.6 Å². The van der Waals surface area contributed by atoms with Crippen molar-refractivity contribution in [2.24, 2.45) is 0 Å². The summed E-state index contributed by atoms with van der Waals surface area (Å²) < 4.78 is 15.9. The predicted octanol–water partition coefficient (Wildman–Crippen LogP) is 2.79. The van der Waals surface area contributed by atoms with Crippen LogP contribution in [0.15, 0.2) is 67.3 Å². The number of rotatable bonds is 5. The van der Waals surface area contributed by atoms with Gasteiger partial charge in [0.05, 0.1) is 6.61 Å². The molecule has 1 unspecified atom stereocenters. The Hall–Kier alpha value is -1.75. The van der Waals surface area contributed by atoms with Crippen molar-refractivity contribution < 1.29 is 34.1 Å². The molecule has 1 aromatic carbocycles. The van der Waals surface area contributed by atoms with Crippen molar-refractivity contribution in [1.29, 1.82) is 0 Å². The summed E-state index contributed by atoms with van der Waals surface area (Å²) in [6.45, 7) is 1.82. The standard InChI is InChI=1S/C12H10N.C6H9N2O3P.Ir/c1-2-6-11(7-3-1)10-12-8-4-5-9-13-12;1-2-11-12(9,10)6-3-4-7-5-8-6;/h1-6,8-9H,10H2;3-5H,2H2,1H3,(H,9,10);/q-1;;. The van der Waals surface area contributed by atoms with Crippen LogP contribution in [0.3, 0.4) is 0 Å². The van der Waals surface area contributed by atoms with Gasteiger partial charge in [-0.15, -0.1) is 0 Å². The van der Waals surface area contributed by atoms with Crippen molar-refractivity contribution in [3.05, 3.63) is 84.6 Å². The number of pyridine rings is 1. The number of benzene rings is 1. The minimum atomic E-state index is -3.70. The van der Waals surface area contributed by atoms with E-state index in [-0.39, 0.29) is 32.1 Å². The topological polar surface area (TPSA) is 85.2 Å². The van der Waals surface area contributed by atoms with Crippen molar-refractivity contribution in [2.75, 3.05) is 6.61 Å². The van der Waals surface area contributed by atoms with Crippen molar-refractivity contribution in [3.63, 3.8) is 0 Å². The van der Waals surface area contributed by atoms with Crippen LogP contribution in [-0.4, -0.2) is 26.5 Å². The normalized spacial score (nSPS) is 12.1. The molecular formula is C18H19IrN3O3P-. The maximum atomic E-state index is 11.3. The van der Waals surface area contributed by atoms with E-state index < -0.39 is 7.60 Å². The van der Waals surface area contributed by atoms with Gasteiger partial charge in [-0.05, 0) is 31.5 Å². The zero-order chi connectivity index (χ0) is 18.0. The molecule has 1 N–H and O–H groups in total. The van der Waals surface area contributed by atoms with Gasteiger partial charge in [0.15, 0.2) is 5.44 Å². The second-order valence-corrected chi connectivity index (χ2v) is 6.65. The van der Waals surface area contributed by atoms with E-state index in [1.54, 1.807) is 6.92 Å². The van der Waals surface area contributed by atoms with E-state index in [0.717, 1.165) is 12.1 Å². The Morgan fingerprint density at radius 3 is 2.50 bits per heavy atom. The van der Waals surface area contributed by atoms with Gasteiger partial charge in [-0.3, -0.25) is 9.55 Å². The Labute approximate surface area is 166 Å². The number of nitrogens with zero attached hydrogens (tertiary/aromatic N) is 3. The van der Waals surface area contributed by atoms with Gasteiger partial charge in [-0.1, -0.05) is 6.07 Å². The third-order valence-electron chi connectivity index (χ3n) is 3.03. The first-order valence-electron chi connectivity index (χ1n) is 7.71. The predicted molar refractivity (Wildman–Crippen MR) is 95.4 cm³/mol. The Bertz CT molecular complexity index is 755. The molecule has 0 aliphatic carbocycles. The van der Waals surface area contributed by atoms with Gasteiger partial charge >= 0.3 is 7.60 Å². The average molecular weight is 549 g/mol. The maximum absolute atomic E-state index is 11.3. The largest absolute Gasteiger partial charge is 0.377 e. The van der Waals surface area contributed by atoms with E-state index in [2.05, 4.69) is 31.6 Å². The molecule has 0 aliphatic heterocycles. The first kappa shape index (κ1) is 22.3. The summed E-state index contributed by atoms with van der Waals surface area (Å²) in [7, 11) is -3.70. The van der Waals surface area contributed by atoms with E-state index in [1.807, 2.05) is 42.6 Å². The molecule has 0 saturated heterocycles. The summed E-state index contributed by atoms with van der Waals surface area (Å²) in [6.07, 6.45) is 5.28. The van der Waals surface area contributed by atoms with Crippen LogP contribution < -0.4 is 5.44 Å². The Kier molecular flexibility index (Phi) is 10.1. The summed E-state index contributed by atoms with van der Waals surface area (Å²) in [6, 6.07) is 18.5. The Balaban J connectivity index is 0.000000251. The molecule has 3 rings (SSSR count). The van der Waals surface area contributed by atoms with Gasteiger partial charge in [-0.25, -0.2) is 9.97 Å². The summed E-state index contributed by atoms with van der Waals surface area (Å²) >= 11 is 0. The van der Waals surface area contributed by atoms with Crippen LogP contribution in [0.1, 0.15) is 18.2 Å². The molecule has 0 aliphatic rings. The molecule has 0 spiro atoms.